The molecule has 0 radical (unpaired) electrons. The zero-order valence-corrected chi connectivity index (χ0v) is 21.4. The van der Waals surface area contributed by atoms with Gasteiger partial charge in [-0.05, 0) is 57.8 Å². The number of rotatable bonds is 7. The Morgan fingerprint density at radius 3 is 1.30 bits per heavy atom. The zero-order valence-electron chi connectivity index (χ0n) is 21.4. The molecule has 2 aromatic carbocycles. The van der Waals surface area contributed by atoms with E-state index in [-0.39, 0.29) is 16.2 Å². The van der Waals surface area contributed by atoms with Gasteiger partial charge in [0.15, 0.2) is 0 Å². The van der Waals surface area contributed by atoms with Gasteiger partial charge in [-0.1, -0.05) is 124 Å². The summed E-state index contributed by atoms with van der Waals surface area (Å²) in [7, 11) is 0. The van der Waals surface area contributed by atoms with Gasteiger partial charge in [0, 0.05) is 5.41 Å². The maximum atomic E-state index is 2.45. The van der Waals surface area contributed by atoms with Crippen LogP contribution in [0.3, 0.4) is 0 Å². The number of benzene rings is 2. The lowest BCUT2D eigenvalue weighted by atomic mass is 9.60. The summed E-state index contributed by atoms with van der Waals surface area (Å²) in [4.78, 5) is 0. The van der Waals surface area contributed by atoms with Gasteiger partial charge in [-0.2, -0.15) is 0 Å². The van der Waals surface area contributed by atoms with Gasteiger partial charge in [0.25, 0.3) is 0 Å². The standard InChI is InChI=1S/C30H46/c1-11-22(4)27(23-14-16-24(17-15-23)28(5,6)7)30(12-2,13-3)26-20-18-25(19-21-26)29(8,9)10/h14-22,27H,11-13H2,1-10H3. The van der Waals surface area contributed by atoms with Gasteiger partial charge < -0.3 is 0 Å². The van der Waals surface area contributed by atoms with Crippen molar-refractivity contribution in [3.63, 3.8) is 0 Å². The Labute approximate surface area is 187 Å². The van der Waals surface area contributed by atoms with Crippen LogP contribution in [0.4, 0.5) is 0 Å². The van der Waals surface area contributed by atoms with Crippen LogP contribution in [-0.2, 0) is 16.2 Å². The molecule has 0 amide bonds. The average molecular weight is 407 g/mol. The second-order valence-corrected chi connectivity index (χ2v) is 11.4. The molecule has 2 atom stereocenters. The molecule has 0 nitrogen and oxygen atoms in total. The summed E-state index contributed by atoms with van der Waals surface area (Å²) in [6.07, 6.45) is 3.52. The molecule has 0 fully saturated rings. The highest BCUT2D eigenvalue weighted by molar-refractivity contribution is 5.39. The van der Waals surface area contributed by atoms with Crippen LogP contribution in [0.2, 0.25) is 0 Å². The summed E-state index contributed by atoms with van der Waals surface area (Å²) in [6, 6.07) is 19.1. The molecule has 2 rings (SSSR count). The molecular formula is C30H46. The molecule has 0 heterocycles. The summed E-state index contributed by atoms with van der Waals surface area (Å²) in [5.41, 5.74) is 6.39. The largest absolute Gasteiger partial charge is 0.0651 e. The van der Waals surface area contributed by atoms with E-state index in [2.05, 4.69) is 118 Å². The van der Waals surface area contributed by atoms with Crippen LogP contribution in [0, 0.1) is 5.92 Å². The van der Waals surface area contributed by atoms with E-state index in [1.54, 1.807) is 0 Å². The second-order valence-electron chi connectivity index (χ2n) is 11.4. The van der Waals surface area contributed by atoms with Gasteiger partial charge in [0.2, 0.25) is 0 Å². The molecule has 0 heteroatoms. The van der Waals surface area contributed by atoms with E-state index in [9.17, 15) is 0 Å². The van der Waals surface area contributed by atoms with E-state index in [0.29, 0.717) is 11.8 Å². The number of hydrogen-bond acceptors (Lipinski definition) is 0. The van der Waals surface area contributed by atoms with E-state index in [4.69, 9.17) is 0 Å². The Kier molecular flexibility index (Phi) is 7.65. The summed E-state index contributed by atoms with van der Waals surface area (Å²) >= 11 is 0. The van der Waals surface area contributed by atoms with Gasteiger partial charge in [0.1, 0.15) is 0 Å². The minimum Gasteiger partial charge on any atom is -0.0651 e. The Morgan fingerprint density at radius 1 is 0.600 bits per heavy atom. The molecule has 0 spiro atoms. The van der Waals surface area contributed by atoms with Crippen molar-refractivity contribution in [2.24, 2.45) is 5.92 Å². The molecule has 166 valence electrons. The first kappa shape index (κ1) is 24.7. The maximum Gasteiger partial charge on any atom is 0.00189 e. The molecule has 2 unspecified atom stereocenters. The van der Waals surface area contributed by atoms with E-state index < -0.39 is 0 Å². The normalized spacial score (nSPS) is 15.1. The van der Waals surface area contributed by atoms with E-state index in [1.807, 2.05) is 0 Å². The monoisotopic (exact) mass is 406 g/mol. The Hall–Kier alpha value is -1.56. The lowest BCUT2D eigenvalue weighted by Crippen LogP contribution is -2.36. The molecule has 0 aliphatic rings. The quantitative estimate of drug-likeness (QED) is 0.430. The van der Waals surface area contributed by atoms with E-state index in [1.165, 1.54) is 28.7 Å². The molecule has 0 N–H and O–H groups in total. The first-order valence-electron chi connectivity index (χ1n) is 12.1. The highest BCUT2D eigenvalue weighted by atomic mass is 14.4. The molecule has 0 aliphatic carbocycles. The smallest absolute Gasteiger partial charge is 0.00189 e. The van der Waals surface area contributed by atoms with Crippen LogP contribution in [-0.4, -0.2) is 0 Å². The lowest BCUT2D eigenvalue weighted by Gasteiger charge is -2.44. The summed E-state index contributed by atoms with van der Waals surface area (Å²) in [6.45, 7) is 23.4. The Morgan fingerprint density at radius 2 is 0.967 bits per heavy atom. The topological polar surface area (TPSA) is 0 Å². The highest BCUT2D eigenvalue weighted by Gasteiger charge is 2.41. The predicted octanol–water partition coefficient (Wildman–Crippen LogP) is 9.17. The Bertz CT molecular complexity index is 774. The Balaban J connectivity index is 2.60. The van der Waals surface area contributed by atoms with Gasteiger partial charge in [-0.3, -0.25) is 0 Å². The minimum atomic E-state index is 0.162. The SMILES string of the molecule is CCC(C)C(c1ccc(C(C)(C)C)cc1)C(CC)(CC)c1ccc(C(C)(C)C)cc1. The van der Waals surface area contributed by atoms with Crippen LogP contribution >= 0.6 is 0 Å². The summed E-state index contributed by atoms with van der Waals surface area (Å²) < 4.78 is 0. The molecule has 0 aliphatic heterocycles. The van der Waals surface area contributed by atoms with Crippen molar-refractivity contribution in [1.82, 2.24) is 0 Å². The van der Waals surface area contributed by atoms with Gasteiger partial charge in [-0.25, -0.2) is 0 Å². The van der Waals surface area contributed by atoms with Crippen LogP contribution < -0.4 is 0 Å². The van der Waals surface area contributed by atoms with Gasteiger partial charge in [-0.15, -0.1) is 0 Å². The third-order valence-corrected chi connectivity index (χ3v) is 7.53. The molecule has 0 saturated carbocycles. The first-order valence-corrected chi connectivity index (χ1v) is 12.1. The summed E-state index contributed by atoms with van der Waals surface area (Å²) in [5, 5.41) is 0. The van der Waals surface area contributed by atoms with Crippen LogP contribution in [0.5, 0.6) is 0 Å². The van der Waals surface area contributed by atoms with Gasteiger partial charge in [0.05, 0.1) is 0 Å². The van der Waals surface area contributed by atoms with Crippen LogP contribution in [0.25, 0.3) is 0 Å². The predicted molar refractivity (Wildman–Crippen MR) is 135 cm³/mol. The molecule has 30 heavy (non-hydrogen) atoms. The summed E-state index contributed by atoms with van der Waals surface area (Å²) in [5.74, 6) is 1.15. The van der Waals surface area contributed by atoms with Crippen molar-refractivity contribution in [2.45, 2.75) is 111 Å². The highest BCUT2D eigenvalue weighted by Crippen LogP contribution is 2.49. The van der Waals surface area contributed by atoms with Crippen molar-refractivity contribution in [3.05, 3.63) is 70.8 Å². The molecule has 0 saturated heterocycles. The van der Waals surface area contributed by atoms with Crippen molar-refractivity contribution >= 4 is 0 Å². The fourth-order valence-corrected chi connectivity index (χ4v) is 5.20. The van der Waals surface area contributed by atoms with Crippen molar-refractivity contribution < 1.29 is 0 Å². The molecule has 0 bridgehead atoms. The fourth-order valence-electron chi connectivity index (χ4n) is 5.20. The zero-order chi connectivity index (χ0) is 22.7. The molecular weight excluding hydrogens is 360 g/mol. The average Bonchev–Trinajstić information content (AvgIpc) is 2.70. The molecule has 2 aromatic rings. The van der Waals surface area contributed by atoms with Crippen molar-refractivity contribution in [2.75, 3.05) is 0 Å². The third-order valence-electron chi connectivity index (χ3n) is 7.53. The number of hydrogen-bond donors (Lipinski definition) is 0. The van der Waals surface area contributed by atoms with Crippen molar-refractivity contribution in [1.29, 1.82) is 0 Å². The van der Waals surface area contributed by atoms with Crippen LogP contribution in [0.1, 0.15) is 117 Å². The van der Waals surface area contributed by atoms with Crippen LogP contribution in [0.15, 0.2) is 48.5 Å². The van der Waals surface area contributed by atoms with Gasteiger partial charge >= 0.3 is 0 Å². The molecule has 0 aromatic heterocycles. The fraction of sp³-hybridized carbons (Fsp3) is 0.600. The lowest BCUT2D eigenvalue weighted by molar-refractivity contribution is 0.245. The van der Waals surface area contributed by atoms with E-state index >= 15 is 0 Å². The van der Waals surface area contributed by atoms with Crippen molar-refractivity contribution in [3.8, 4) is 0 Å². The second kappa shape index (κ2) is 9.29. The minimum absolute atomic E-state index is 0.162. The third kappa shape index (κ3) is 5.01. The maximum absolute atomic E-state index is 2.45. The first-order chi connectivity index (χ1) is 13.9. The van der Waals surface area contributed by atoms with E-state index in [0.717, 1.165) is 12.8 Å².